The number of benzene rings is 1. The number of rotatable bonds is 7. The Balaban J connectivity index is 1.62. The van der Waals surface area contributed by atoms with E-state index in [1.54, 1.807) is 43.8 Å². The van der Waals surface area contributed by atoms with Crippen molar-refractivity contribution in [1.29, 1.82) is 0 Å². The van der Waals surface area contributed by atoms with Crippen LogP contribution < -0.4 is 20.1 Å². The van der Waals surface area contributed by atoms with Crippen molar-refractivity contribution in [3.63, 3.8) is 0 Å². The largest absolute Gasteiger partial charge is 0.497 e. The van der Waals surface area contributed by atoms with Crippen molar-refractivity contribution in [2.24, 2.45) is 17.3 Å². The minimum Gasteiger partial charge on any atom is -0.497 e. The highest BCUT2D eigenvalue weighted by atomic mass is 32.1. The number of nitrogens with one attached hydrogen (secondary N) is 2. The van der Waals surface area contributed by atoms with E-state index in [-0.39, 0.29) is 17.2 Å². The number of thiophene rings is 1. The van der Waals surface area contributed by atoms with Gasteiger partial charge in [-0.3, -0.25) is 14.5 Å². The third-order valence-electron chi connectivity index (χ3n) is 7.73. The number of hydrogen-bond acceptors (Lipinski definition) is 6. The second kappa shape index (κ2) is 11.4. The monoisotopic (exact) mass is 527 g/mol. The maximum atomic E-state index is 13.8. The summed E-state index contributed by atoms with van der Waals surface area (Å²) in [6, 6.07) is 5.31. The number of amides is 2. The van der Waals surface area contributed by atoms with Crippen molar-refractivity contribution in [1.82, 2.24) is 4.90 Å². The van der Waals surface area contributed by atoms with Crippen LogP contribution in [0.25, 0.3) is 0 Å². The Morgan fingerprint density at radius 3 is 2.59 bits per heavy atom. The molecule has 1 fully saturated rings. The Morgan fingerprint density at radius 1 is 1.14 bits per heavy atom. The van der Waals surface area contributed by atoms with E-state index in [9.17, 15) is 9.59 Å². The number of piperidine rings is 1. The number of nitrogens with zero attached hydrogens (tertiary/aromatic N) is 1. The first-order valence-corrected chi connectivity index (χ1v) is 14.1. The molecule has 1 aromatic carbocycles. The van der Waals surface area contributed by atoms with Gasteiger partial charge in [-0.2, -0.15) is 0 Å². The summed E-state index contributed by atoms with van der Waals surface area (Å²) in [5.74, 6) is 2.01. The van der Waals surface area contributed by atoms with Gasteiger partial charge in [0.15, 0.2) is 0 Å². The van der Waals surface area contributed by atoms with Crippen LogP contribution >= 0.6 is 11.3 Å². The highest BCUT2D eigenvalue weighted by Crippen LogP contribution is 2.44. The van der Waals surface area contributed by atoms with Gasteiger partial charge < -0.3 is 20.1 Å². The number of fused-ring (bicyclic) bond motifs is 1. The maximum Gasteiger partial charge on any atom is 0.259 e. The molecular formula is C29H41N3O4S. The van der Waals surface area contributed by atoms with Gasteiger partial charge >= 0.3 is 0 Å². The lowest BCUT2D eigenvalue weighted by molar-refractivity contribution is -0.117. The van der Waals surface area contributed by atoms with E-state index in [0.29, 0.717) is 46.1 Å². The molecule has 2 aromatic rings. The van der Waals surface area contributed by atoms with Crippen LogP contribution in [-0.4, -0.2) is 50.6 Å². The van der Waals surface area contributed by atoms with Crippen LogP contribution in [0.1, 0.15) is 67.8 Å². The number of methoxy groups -OCH3 is 2. The van der Waals surface area contributed by atoms with Crippen LogP contribution in [0.3, 0.4) is 0 Å². The average molecular weight is 528 g/mol. The average Bonchev–Trinajstić information content (AvgIpc) is 3.20. The molecule has 0 bridgehead atoms. The molecule has 0 saturated carbocycles. The van der Waals surface area contributed by atoms with E-state index in [4.69, 9.17) is 9.47 Å². The molecular weight excluding hydrogens is 486 g/mol. The Labute approximate surface area is 224 Å². The van der Waals surface area contributed by atoms with Crippen molar-refractivity contribution in [3.05, 3.63) is 34.2 Å². The van der Waals surface area contributed by atoms with E-state index in [1.807, 2.05) is 0 Å². The standard InChI is InChI=1S/C29H41N3O4S/c1-18-8-7-13-32(16-18)17-25(33)31-28-26(21-11-9-19(29(2,3)4)14-24(21)37-28)27(34)30-22-15-20(35-5)10-12-23(22)36-6/h10,12,15,18-19H,7-9,11,13-14,16-17H2,1-6H3,(H,30,34)(H,31,33)/t18-,19-/m0/s1. The molecule has 2 amide bonds. The molecule has 1 aromatic heterocycles. The summed E-state index contributed by atoms with van der Waals surface area (Å²) < 4.78 is 10.8. The van der Waals surface area contributed by atoms with E-state index < -0.39 is 0 Å². The van der Waals surface area contributed by atoms with E-state index in [1.165, 1.54) is 11.3 Å². The van der Waals surface area contributed by atoms with Crippen molar-refractivity contribution in [2.75, 3.05) is 44.5 Å². The second-order valence-corrected chi connectivity index (χ2v) is 12.7. The van der Waals surface area contributed by atoms with Crippen LogP contribution in [0.5, 0.6) is 11.5 Å². The van der Waals surface area contributed by atoms with Crippen LogP contribution in [0.15, 0.2) is 18.2 Å². The molecule has 0 radical (unpaired) electrons. The smallest absolute Gasteiger partial charge is 0.259 e. The molecule has 2 aliphatic rings. The molecule has 1 aliphatic heterocycles. The molecule has 8 heteroatoms. The fourth-order valence-electron chi connectivity index (χ4n) is 5.55. The number of likely N-dealkylation sites (tertiary alicyclic amines) is 1. The Kier molecular flexibility index (Phi) is 8.49. The van der Waals surface area contributed by atoms with Crippen LogP contribution in [-0.2, 0) is 17.6 Å². The molecule has 2 heterocycles. The highest BCUT2D eigenvalue weighted by molar-refractivity contribution is 7.17. The van der Waals surface area contributed by atoms with E-state index in [0.717, 1.165) is 44.3 Å². The third kappa shape index (κ3) is 6.47. The maximum absolute atomic E-state index is 13.8. The fraction of sp³-hybridized carbons (Fsp3) is 0.586. The number of carbonyl (C=O) groups is 2. The summed E-state index contributed by atoms with van der Waals surface area (Å²) >= 11 is 1.56. The number of hydrogen-bond donors (Lipinski definition) is 2. The quantitative estimate of drug-likeness (QED) is 0.473. The predicted molar refractivity (Wildman–Crippen MR) is 150 cm³/mol. The Morgan fingerprint density at radius 2 is 1.92 bits per heavy atom. The summed E-state index contributed by atoms with van der Waals surface area (Å²) in [5.41, 5.74) is 2.37. The zero-order valence-electron chi connectivity index (χ0n) is 23.0. The summed E-state index contributed by atoms with van der Waals surface area (Å²) in [5, 5.41) is 6.80. The zero-order valence-corrected chi connectivity index (χ0v) is 23.8. The van der Waals surface area contributed by atoms with Gasteiger partial charge in [-0.05, 0) is 73.6 Å². The van der Waals surface area contributed by atoms with Crippen LogP contribution in [0, 0.1) is 17.3 Å². The van der Waals surface area contributed by atoms with Gasteiger partial charge in [-0.15, -0.1) is 11.3 Å². The molecule has 0 unspecified atom stereocenters. The van der Waals surface area contributed by atoms with Gasteiger partial charge in [0.25, 0.3) is 5.91 Å². The van der Waals surface area contributed by atoms with Crippen molar-refractivity contribution in [2.45, 2.75) is 59.8 Å². The Bertz CT molecular complexity index is 1140. The minimum atomic E-state index is -0.236. The van der Waals surface area contributed by atoms with Gasteiger partial charge in [0.2, 0.25) is 5.91 Å². The lowest BCUT2D eigenvalue weighted by Gasteiger charge is -2.33. The topological polar surface area (TPSA) is 79.9 Å². The molecule has 202 valence electrons. The molecule has 4 rings (SSSR count). The van der Waals surface area contributed by atoms with Crippen molar-refractivity contribution in [3.8, 4) is 11.5 Å². The molecule has 7 nitrogen and oxygen atoms in total. The summed E-state index contributed by atoms with van der Waals surface area (Å²) in [6.45, 7) is 11.3. The number of anilines is 2. The summed E-state index contributed by atoms with van der Waals surface area (Å²) in [7, 11) is 3.16. The third-order valence-corrected chi connectivity index (χ3v) is 8.90. The summed E-state index contributed by atoms with van der Waals surface area (Å²) in [4.78, 5) is 30.3. The lowest BCUT2D eigenvalue weighted by Crippen LogP contribution is -2.39. The van der Waals surface area contributed by atoms with Crippen LogP contribution in [0.4, 0.5) is 10.7 Å². The number of ether oxygens (including phenoxy) is 2. The highest BCUT2D eigenvalue weighted by Gasteiger charge is 2.34. The van der Waals surface area contributed by atoms with Crippen molar-refractivity contribution >= 4 is 33.8 Å². The predicted octanol–water partition coefficient (Wildman–Crippen LogP) is 5.84. The van der Waals surface area contributed by atoms with Gasteiger partial charge in [-0.1, -0.05) is 27.7 Å². The van der Waals surface area contributed by atoms with E-state index >= 15 is 0 Å². The SMILES string of the molecule is COc1ccc(OC)c(NC(=O)c2c(NC(=O)CN3CCC[C@H](C)C3)sc3c2CC[C@H](C(C)(C)C)C3)c1. The molecule has 2 N–H and O–H groups in total. The Hall–Kier alpha value is -2.58. The normalized spacial score (nSPS) is 20.2. The second-order valence-electron chi connectivity index (χ2n) is 11.6. The molecule has 1 aliphatic carbocycles. The lowest BCUT2D eigenvalue weighted by atomic mass is 9.72. The van der Waals surface area contributed by atoms with Gasteiger partial charge in [0, 0.05) is 17.5 Å². The minimum absolute atomic E-state index is 0.0620. The van der Waals surface area contributed by atoms with Gasteiger partial charge in [-0.25, -0.2) is 0 Å². The van der Waals surface area contributed by atoms with Crippen molar-refractivity contribution < 1.29 is 19.1 Å². The van der Waals surface area contributed by atoms with Crippen LogP contribution in [0.2, 0.25) is 0 Å². The first-order valence-electron chi connectivity index (χ1n) is 13.3. The molecule has 0 spiro atoms. The first kappa shape index (κ1) is 27.5. The summed E-state index contributed by atoms with van der Waals surface area (Å²) in [6.07, 6.45) is 5.10. The van der Waals surface area contributed by atoms with E-state index in [2.05, 4.69) is 43.2 Å². The molecule has 2 atom stereocenters. The fourth-order valence-corrected chi connectivity index (χ4v) is 6.89. The molecule has 1 saturated heterocycles. The van der Waals surface area contributed by atoms with Gasteiger partial charge in [0.05, 0.1) is 32.0 Å². The first-order chi connectivity index (χ1) is 17.6. The van der Waals surface area contributed by atoms with Gasteiger partial charge in [0.1, 0.15) is 16.5 Å². The number of carbonyl (C=O) groups excluding carboxylic acids is 2. The zero-order chi connectivity index (χ0) is 26.7. The molecule has 37 heavy (non-hydrogen) atoms.